The molecule has 0 unspecified atom stereocenters. The first kappa shape index (κ1) is 29.2. The largest absolute Gasteiger partial charge is 0.416 e. The van der Waals surface area contributed by atoms with Gasteiger partial charge >= 0.3 is 6.18 Å². The topological polar surface area (TPSA) is 74.7 Å². The second-order valence-electron chi connectivity index (χ2n) is 10.3. The molecule has 0 aromatic heterocycles. The molecule has 0 bridgehead atoms. The van der Waals surface area contributed by atoms with Crippen molar-refractivity contribution >= 4 is 15.7 Å². The van der Waals surface area contributed by atoms with E-state index in [9.17, 15) is 31.5 Å². The van der Waals surface area contributed by atoms with Gasteiger partial charge in [0.2, 0.25) is 5.91 Å². The van der Waals surface area contributed by atoms with Crippen LogP contribution in [0.15, 0.2) is 47.4 Å². The van der Waals surface area contributed by atoms with Crippen LogP contribution in [0.2, 0.25) is 0 Å². The summed E-state index contributed by atoms with van der Waals surface area (Å²) in [5.74, 6) is 0.172. The van der Waals surface area contributed by atoms with E-state index >= 15 is 0 Å². The van der Waals surface area contributed by atoms with Gasteiger partial charge in [-0.25, -0.2) is 8.42 Å². The van der Waals surface area contributed by atoms with Crippen LogP contribution in [0.25, 0.3) is 0 Å². The summed E-state index contributed by atoms with van der Waals surface area (Å²) in [6, 6.07) is 9.72. The van der Waals surface area contributed by atoms with Crippen molar-refractivity contribution in [1.29, 1.82) is 0 Å². The Morgan fingerprint density at radius 1 is 1.00 bits per heavy atom. The lowest BCUT2D eigenvalue weighted by Gasteiger charge is -2.40. The summed E-state index contributed by atoms with van der Waals surface area (Å²) >= 11 is 0. The van der Waals surface area contributed by atoms with Gasteiger partial charge in [-0.3, -0.25) is 4.79 Å². The first-order valence-corrected chi connectivity index (χ1v) is 14.6. The van der Waals surface area contributed by atoms with E-state index in [-0.39, 0.29) is 29.2 Å². The molecule has 5 nitrogen and oxygen atoms in total. The van der Waals surface area contributed by atoms with Crippen LogP contribution in [0.1, 0.15) is 68.2 Å². The molecule has 37 heavy (non-hydrogen) atoms. The Morgan fingerprint density at radius 3 is 2.08 bits per heavy atom. The second-order valence-corrected chi connectivity index (χ2v) is 12.3. The second kappa shape index (κ2) is 11.6. The molecule has 0 aliphatic carbocycles. The van der Waals surface area contributed by atoms with Crippen LogP contribution in [0.5, 0.6) is 0 Å². The zero-order valence-corrected chi connectivity index (χ0v) is 22.5. The van der Waals surface area contributed by atoms with Crippen molar-refractivity contribution in [3.8, 4) is 0 Å². The minimum absolute atomic E-state index is 0.139. The Hall–Kier alpha value is -2.39. The van der Waals surface area contributed by atoms with Crippen LogP contribution in [-0.4, -0.2) is 49.3 Å². The molecule has 1 aliphatic heterocycles. The van der Waals surface area contributed by atoms with Crippen molar-refractivity contribution in [2.24, 2.45) is 5.92 Å². The van der Waals surface area contributed by atoms with Crippen molar-refractivity contribution in [3.05, 3.63) is 64.7 Å². The number of piperidine rings is 1. The van der Waals surface area contributed by atoms with Gasteiger partial charge in [-0.15, -0.1) is 0 Å². The van der Waals surface area contributed by atoms with Gasteiger partial charge in [-0.05, 0) is 72.6 Å². The summed E-state index contributed by atoms with van der Waals surface area (Å²) in [6.45, 7) is 4.97. The molecule has 1 N–H and O–H groups in total. The highest BCUT2D eigenvalue weighted by Gasteiger charge is 2.36. The predicted octanol–water partition coefficient (Wildman–Crippen LogP) is 5.42. The van der Waals surface area contributed by atoms with Crippen molar-refractivity contribution in [3.63, 3.8) is 0 Å². The molecule has 1 aliphatic rings. The van der Waals surface area contributed by atoms with Crippen LogP contribution in [0.4, 0.5) is 13.2 Å². The van der Waals surface area contributed by atoms with Crippen LogP contribution in [0, 0.1) is 5.92 Å². The fourth-order valence-corrected chi connectivity index (χ4v) is 5.63. The van der Waals surface area contributed by atoms with Gasteiger partial charge in [0.05, 0.1) is 22.5 Å². The van der Waals surface area contributed by atoms with Crippen LogP contribution >= 0.6 is 0 Å². The van der Waals surface area contributed by atoms with E-state index in [0.717, 1.165) is 31.2 Å². The molecular formula is C28H36F3NO4S. The number of sulfone groups is 1. The van der Waals surface area contributed by atoms with Crippen LogP contribution in [-0.2, 0) is 33.6 Å². The Morgan fingerprint density at radius 2 is 1.57 bits per heavy atom. The highest BCUT2D eigenvalue weighted by Crippen LogP contribution is 2.33. The quantitative estimate of drug-likeness (QED) is 0.462. The number of aliphatic hydroxyl groups is 1. The number of nitrogens with zero attached hydrogens (tertiary/aromatic N) is 1. The predicted molar refractivity (Wildman–Crippen MR) is 137 cm³/mol. The summed E-state index contributed by atoms with van der Waals surface area (Å²) in [5, 5.41) is 11.0. The normalized spacial score (nSPS) is 16.3. The van der Waals surface area contributed by atoms with E-state index in [2.05, 4.69) is 13.8 Å². The maximum absolute atomic E-state index is 13.6. The number of halogens is 3. The average molecular weight is 540 g/mol. The molecule has 0 atom stereocenters. The lowest BCUT2D eigenvalue weighted by atomic mass is 9.81. The van der Waals surface area contributed by atoms with Gasteiger partial charge in [0, 0.05) is 19.3 Å². The highest BCUT2D eigenvalue weighted by molar-refractivity contribution is 7.90. The molecular weight excluding hydrogens is 503 g/mol. The minimum Gasteiger partial charge on any atom is -0.390 e. The van der Waals surface area contributed by atoms with Crippen molar-refractivity contribution < 1.29 is 31.5 Å². The number of amides is 1. The molecule has 1 saturated heterocycles. The van der Waals surface area contributed by atoms with Crippen molar-refractivity contribution in [1.82, 2.24) is 4.90 Å². The van der Waals surface area contributed by atoms with E-state index < -0.39 is 27.2 Å². The SMILES string of the molecule is CCC(CC)CC1(O)CCN(C(=O)Cc2cc(Cc3ccc(S(C)(=O)=O)cc3)cc(C(F)(F)F)c2)CC1. The Labute approximate surface area is 217 Å². The van der Waals surface area contributed by atoms with Crippen molar-refractivity contribution in [2.75, 3.05) is 19.3 Å². The molecule has 2 aromatic rings. The highest BCUT2D eigenvalue weighted by atomic mass is 32.2. The number of rotatable bonds is 9. The third-order valence-electron chi connectivity index (χ3n) is 7.37. The number of alkyl halides is 3. The van der Waals surface area contributed by atoms with Gasteiger partial charge in [0.25, 0.3) is 0 Å². The summed E-state index contributed by atoms with van der Waals surface area (Å²) in [5.41, 5.74) is -0.289. The average Bonchev–Trinajstić information content (AvgIpc) is 2.82. The number of likely N-dealkylation sites (tertiary alicyclic amines) is 1. The number of hydrogen-bond acceptors (Lipinski definition) is 4. The van der Waals surface area contributed by atoms with E-state index in [0.29, 0.717) is 49.4 Å². The standard InChI is InChI=1S/C28H36F3NO4S/c1-4-20(5-2)19-27(34)10-12-32(13-11-27)26(33)18-23-15-22(16-24(17-23)28(29,30)31)14-21-6-8-25(9-7-21)37(3,35)36/h6-9,15-17,20,34H,4-5,10-14,18-19H2,1-3H3. The lowest BCUT2D eigenvalue weighted by molar-refractivity contribution is -0.138. The van der Waals surface area contributed by atoms with Gasteiger partial charge in [0.15, 0.2) is 9.84 Å². The first-order chi connectivity index (χ1) is 17.2. The smallest absolute Gasteiger partial charge is 0.390 e. The van der Waals surface area contributed by atoms with Crippen LogP contribution < -0.4 is 0 Å². The van der Waals surface area contributed by atoms with E-state index in [4.69, 9.17) is 0 Å². The molecule has 0 saturated carbocycles. The molecule has 0 spiro atoms. The molecule has 9 heteroatoms. The van der Waals surface area contributed by atoms with E-state index in [1.807, 2.05) is 0 Å². The number of hydrogen-bond donors (Lipinski definition) is 1. The minimum atomic E-state index is -4.56. The molecule has 0 radical (unpaired) electrons. The molecule has 204 valence electrons. The number of benzene rings is 2. The van der Waals surface area contributed by atoms with E-state index in [1.165, 1.54) is 12.1 Å². The molecule has 3 rings (SSSR count). The Bertz CT molecular complexity index is 1180. The molecule has 1 heterocycles. The fourth-order valence-electron chi connectivity index (χ4n) is 5.00. The maximum atomic E-state index is 13.6. The van der Waals surface area contributed by atoms with Gasteiger partial charge in [-0.1, -0.05) is 44.9 Å². The first-order valence-electron chi connectivity index (χ1n) is 12.7. The molecule has 2 aromatic carbocycles. The summed E-state index contributed by atoms with van der Waals surface area (Å²) in [6.07, 6.45) is 0.140. The summed E-state index contributed by atoms with van der Waals surface area (Å²) < 4.78 is 64.2. The third-order valence-corrected chi connectivity index (χ3v) is 8.49. The lowest BCUT2D eigenvalue weighted by Crippen LogP contribution is -2.47. The van der Waals surface area contributed by atoms with Gasteiger partial charge < -0.3 is 10.0 Å². The Balaban J connectivity index is 1.73. The third kappa shape index (κ3) is 8.04. The molecule has 1 fully saturated rings. The van der Waals surface area contributed by atoms with Crippen molar-refractivity contribution in [2.45, 2.75) is 75.5 Å². The monoisotopic (exact) mass is 539 g/mol. The maximum Gasteiger partial charge on any atom is 0.416 e. The fraction of sp³-hybridized carbons (Fsp3) is 0.536. The zero-order chi connectivity index (χ0) is 27.4. The van der Waals surface area contributed by atoms with E-state index in [1.54, 1.807) is 23.1 Å². The van der Waals surface area contributed by atoms with Crippen LogP contribution in [0.3, 0.4) is 0 Å². The Kier molecular flexibility index (Phi) is 9.11. The summed E-state index contributed by atoms with van der Waals surface area (Å²) in [4.78, 5) is 14.8. The zero-order valence-electron chi connectivity index (χ0n) is 21.6. The number of carbonyl (C=O) groups excluding carboxylic acids is 1. The molecule has 1 amide bonds. The number of carbonyl (C=O) groups is 1. The summed E-state index contributed by atoms with van der Waals surface area (Å²) in [7, 11) is -3.37. The van der Waals surface area contributed by atoms with Gasteiger partial charge in [0.1, 0.15) is 0 Å². The van der Waals surface area contributed by atoms with Gasteiger partial charge in [-0.2, -0.15) is 13.2 Å².